The highest BCUT2D eigenvalue weighted by Crippen LogP contribution is 2.41. The molecule has 0 saturated heterocycles. The molecule has 0 unspecified atom stereocenters. The Hall–Kier alpha value is -2.11. The van der Waals surface area contributed by atoms with Crippen LogP contribution in [0.2, 0.25) is 0 Å². The molecule has 0 atom stereocenters. The summed E-state index contributed by atoms with van der Waals surface area (Å²) in [4.78, 5) is 10.9. The van der Waals surface area contributed by atoms with Crippen molar-refractivity contribution in [3.63, 3.8) is 0 Å². The van der Waals surface area contributed by atoms with E-state index in [1.165, 1.54) is 31.3 Å². The van der Waals surface area contributed by atoms with Crippen LogP contribution in [0.3, 0.4) is 0 Å². The zero-order chi connectivity index (χ0) is 12.5. The number of benzene rings is 1. The summed E-state index contributed by atoms with van der Waals surface area (Å²) >= 11 is 0. The van der Waals surface area contributed by atoms with Crippen molar-refractivity contribution in [3.8, 4) is 11.5 Å². The Labute approximate surface area is 95.8 Å². The number of rotatable bonds is 2. The number of nitrogens with one attached hydrogen (secondary N) is 1. The van der Waals surface area contributed by atoms with Gasteiger partial charge in [0.2, 0.25) is 5.91 Å². The van der Waals surface area contributed by atoms with E-state index in [1.807, 2.05) is 0 Å². The van der Waals surface area contributed by atoms with Crippen molar-refractivity contribution in [3.05, 3.63) is 29.8 Å². The fraction of sp³-hybridized carbons (Fsp3) is 0.182. The van der Waals surface area contributed by atoms with Gasteiger partial charge in [-0.05, 0) is 23.8 Å². The summed E-state index contributed by atoms with van der Waals surface area (Å²) in [7, 11) is 1.49. The molecule has 1 amide bonds. The Balaban J connectivity index is 2.19. The van der Waals surface area contributed by atoms with Crippen LogP contribution in [0, 0.1) is 0 Å². The molecule has 90 valence electrons. The van der Waals surface area contributed by atoms with Gasteiger partial charge in [0.05, 0.1) is 0 Å². The second-order valence-corrected chi connectivity index (χ2v) is 3.32. The predicted octanol–water partition coefficient (Wildman–Crippen LogP) is 1.77. The van der Waals surface area contributed by atoms with Gasteiger partial charge in [-0.25, -0.2) is 0 Å². The molecular weight excluding hydrogens is 232 g/mol. The first kappa shape index (κ1) is 11.4. The van der Waals surface area contributed by atoms with Crippen LogP contribution in [0.25, 0.3) is 6.08 Å². The Morgan fingerprint density at radius 1 is 1.35 bits per heavy atom. The van der Waals surface area contributed by atoms with Crippen LogP contribution in [-0.4, -0.2) is 19.2 Å². The topological polar surface area (TPSA) is 47.6 Å². The molecule has 0 saturated carbocycles. The Morgan fingerprint density at radius 3 is 2.76 bits per heavy atom. The molecule has 1 aromatic rings. The zero-order valence-corrected chi connectivity index (χ0v) is 8.87. The minimum absolute atomic E-state index is 0.0212. The van der Waals surface area contributed by atoms with Crippen LogP contribution in [-0.2, 0) is 4.79 Å². The number of ether oxygens (including phenoxy) is 2. The number of hydrogen-bond acceptors (Lipinski definition) is 3. The molecule has 1 heterocycles. The summed E-state index contributed by atoms with van der Waals surface area (Å²) in [6, 6.07) is 4.28. The highest BCUT2D eigenvalue weighted by Gasteiger charge is 2.43. The van der Waals surface area contributed by atoms with Crippen molar-refractivity contribution in [1.29, 1.82) is 0 Å². The number of halogens is 2. The summed E-state index contributed by atoms with van der Waals surface area (Å²) in [6.07, 6.45) is -0.847. The normalized spacial score (nSPS) is 16.2. The first-order chi connectivity index (χ1) is 8.00. The lowest BCUT2D eigenvalue weighted by molar-refractivity contribution is -0.286. The Kier molecular flexibility index (Phi) is 2.71. The minimum atomic E-state index is -3.62. The van der Waals surface area contributed by atoms with Gasteiger partial charge >= 0.3 is 6.29 Å². The predicted molar refractivity (Wildman–Crippen MR) is 55.7 cm³/mol. The van der Waals surface area contributed by atoms with Crippen LogP contribution in [0.1, 0.15) is 5.56 Å². The van der Waals surface area contributed by atoms with Gasteiger partial charge in [0.25, 0.3) is 0 Å². The van der Waals surface area contributed by atoms with E-state index in [0.29, 0.717) is 5.56 Å². The molecule has 1 aliphatic rings. The average Bonchev–Trinajstić information content (AvgIpc) is 2.58. The summed E-state index contributed by atoms with van der Waals surface area (Å²) in [5, 5.41) is 2.40. The summed E-state index contributed by atoms with van der Waals surface area (Å²) in [6.45, 7) is 0. The third-order valence-electron chi connectivity index (χ3n) is 2.10. The second kappa shape index (κ2) is 4.04. The standard InChI is InChI=1S/C11H9F2NO3/c1-14-10(15)5-3-7-2-4-8-9(6-7)17-11(12,13)16-8/h2-6H,1H3,(H,14,15)/b5-3+. The highest BCUT2D eigenvalue weighted by atomic mass is 19.3. The molecule has 2 rings (SSSR count). The number of carbonyl (C=O) groups is 1. The molecular formula is C11H9F2NO3. The first-order valence-electron chi connectivity index (χ1n) is 4.80. The Bertz CT molecular complexity index is 486. The maximum Gasteiger partial charge on any atom is 0.586 e. The van der Waals surface area contributed by atoms with E-state index >= 15 is 0 Å². The fourth-order valence-electron chi connectivity index (χ4n) is 1.32. The average molecular weight is 241 g/mol. The van der Waals surface area contributed by atoms with Gasteiger partial charge in [0.15, 0.2) is 11.5 Å². The number of fused-ring (bicyclic) bond motifs is 1. The van der Waals surface area contributed by atoms with E-state index in [4.69, 9.17) is 0 Å². The molecule has 0 radical (unpaired) electrons. The maximum absolute atomic E-state index is 12.7. The van der Waals surface area contributed by atoms with Crippen molar-refractivity contribution >= 4 is 12.0 Å². The van der Waals surface area contributed by atoms with Gasteiger partial charge in [0.1, 0.15) is 0 Å². The molecule has 1 N–H and O–H groups in total. The maximum atomic E-state index is 12.7. The van der Waals surface area contributed by atoms with E-state index in [0.717, 1.165) is 0 Å². The quantitative estimate of drug-likeness (QED) is 0.803. The van der Waals surface area contributed by atoms with Gasteiger partial charge in [-0.1, -0.05) is 6.07 Å². The third kappa shape index (κ3) is 2.52. The lowest BCUT2D eigenvalue weighted by Gasteiger charge is -2.04. The van der Waals surface area contributed by atoms with Crippen molar-refractivity contribution in [1.82, 2.24) is 5.32 Å². The molecule has 0 aromatic heterocycles. The van der Waals surface area contributed by atoms with Crippen molar-refractivity contribution in [2.45, 2.75) is 6.29 Å². The summed E-state index contributed by atoms with van der Waals surface area (Å²) in [5.74, 6) is -0.353. The minimum Gasteiger partial charge on any atom is -0.395 e. The highest BCUT2D eigenvalue weighted by molar-refractivity contribution is 5.91. The Morgan fingerprint density at radius 2 is 2.06 bits per heavy atom. The number of alkyl halides is 2. The van der Waals surface area contributed by atoms with Crippen LogP contribution in [0.15, 0.2) is 24.3 Å². The van der Waals surface area contributed by atoms with Gasteiger partial charge in [0, 0.05) is 13.1 Å². The van der Waals surface area contributed by atoms with E-state index in [2.05, 4.69) is 14.8 Å². The van der Waals surface area contributed by atoms with Crippen LogP contribution >= 0.6 is 0 Å². The lowest BCUT2D eigenvalue weighted by Crippen LogP contribution is -2.25. The van der Waals surface area contributed by atoms with Gasteiger partial charge in [-0.3, -0.25) is 4.79 Å². The molecule has 0 aliphatic carbocycles. The number of likely N-dealkylation sites (N-methyl/N-ethyl adjacent to an activating group) is 1. The van der Waals surface area contributed by atoms with Gasteiger partial charge in [-0.2, -0.15) is 0 Å². The van der Waals surface area contributed by atoms with Crippen molar-refractivity contribution in [2.24, 2.45) is 0 Å². The molecule has 6 heteroatoms. The second-order valence-electron chi connectivity index (χ2n) is 3.32. The molecule has 0 spiro atoms. The van der Waals surface area contributed by atoms with Gasteiger partial charge in [-0.15, -0.1) is 8.78 Å². The van der Waals surface area contributed by atoms with Crippen LogP contribution in [0.4, 0.5) is 8.78 Å². The molecule has 4 nitrogen and oxygen atoms in total. The smallest absolute Gasteiger partial charge is 0.395 e. The van der Waals surface area contributed by atoms with E-state index in [-0.39, 0.29) is 17.4 Å². The van der Waals surface area contributed by atoms with Crippen LogP contribution < -0.4 is 14.8 Å². The molecule has 1 aliphatic heterocycles. The number of amides is 1. The largest absolute Gasteiger partial charge is 0.586 e. The van der Waals surface area contributed by atoms with Crippen LogP contribution in [0.5, 0.6) is 11.5 Å². The summed E-state index contributed by atoms with van der Waals surface area (Å²) < 4.78 is 33.9. The van der Waals surface area contributed by atoms with Crippen molar-refractivity contribution < 1.29 is 23.0 Å². The number of carbonyl (C=O) groups excluding carboxylic acids is 1. The zero-order valence-electron chi connectivity index (χ0n) is 8.87. The molecule has 17 heavy (non-hydrogen) atoms. The van der Waals surface area contributed by atoms with Crippen molar-refractivity contribution in [2.75, 3.05) is 7.05 Å². The first-order valence-corrected chi connectivity index (χ1v) is 4.80. The van der Waals surface area contributed by atoms with E-state index in [9.17, 15) is 13.6 Å². The molecule has 0 fully saturated rings. The lowest BCUT2D eigenvalue weighted by atomic mass is 10.2. The number of hydrogen-bond donors (Lipinski definition) is 1. The third-order valence-corrected chi connectivity index (χ3v) is 2.10. The molecule has 0 bridgehead atoms. The van der Waals surface area contributed by atoms with E-state index < -0.39 is 6.29 Å². The summed E-state index contributed by atoms with van der Waals surface area (Å²) in [5.41, 5.74) is 0.564. The SMILES string of the molecule is CNC(=O)/C=C/c1ccc2c(c1)OC(F)(F)O2. The van der Waals surface area contributed by atoms with Gasteiger partial charge < -0.3 is 14.8 Å². The fourth-order valence-corrected chi connectivity index (χ4v) is 1.32. The molecule has 1 aromatic carbocycles. The monoisotopic (exact) mass is 241 g/mol. The van der Waals surface area contributed by atoms with E-state index in [1.54, 1.807) is 6.07 Å².